The summed E-state index contributed by atoms with van der Waals surface area (Å²) in [5.74, 6) is 0. The predicted molar refractivity (Wildman–Crippen MR) is 189 cm³/mol. The van der Waals surface area contributed by atoms with Crippen LogP contribution in [0.5, 0.6) is 0 Å². The Balaban J connectivity index is 1.04. The van der Waals surface area contributed by atoms with E-state index in [1.54, 1.807) is 0 Å². The first kappa shape index (κ1) is 27.3. The van der Waals surface area contributed by atoms with Crippen LogP contribution < -0.4 is 0 Å². The monoisotopic (exact) mass is 614 g/mol. The van der Waals surface area contributed by atoms with Gasteiger partial charge in [0.2, 0.25) is 0 Å². The topological polar surface area (TPSA) is 0 Å². The summed E-state index contributed by atoms with van der Waals surface area (Å²) in [6.45, 7) is 4.43. The van der Waals surface area contributed by atoms with Gasteiger partial charge in [0.05, 0.1) is 0 Å². The number of rotatable bonds is 8. The van der Waals surface area contributed by atoms with Crippen molar-refractivity contribution in [2.24, 2.45) is 0 Å². The maximum absolute atomic E-state index is 2.26. The fourth-order valence-corrected chi connectivity index (χ4v) is 9.08. The van der Waals surface area contributed by atoms with Gasteiger partial charge in [-0.25, -0.2) is 0 Å². The first-order valence-corrected chi connectivity index (χ1v) is 17.6. The van der Waals surface area contributed by atoms with E-state index in [0.29, 0.717) is 0 Å². The van der Waals surface area contributed by atoms with Crippen LogP contribution in [0.1, 0.15) is 23.6 Å². The van der Waals surface area contributed by atoms with Crippen LogP contribution in [0, 0.1) is 0 Å². The van der Waals surface area contributed by atoms with Gasteiger partial charge in [0.1, 0.15) is 0 Å². The fraction of sp³-hybridized carbons (Fsp3) is 0.105. The van der Waals surface area contributed by atoms with Gasteiger partial charge in [-0.3, -0.25) is 0 Å². The van der Waals surface area contributed by atoms with Crippen LogP contribution in [-0.4, -0.2) is 0 Å². The zero-order valence-electron chi connectivity index (χ0n) is 23.6. The van der Waals surface area contributed by atoms with Gasteiger partial charge in [-0.2, -0.15) is 0 Å². The third-order valence-electron chi connectivity index (χ3n) is 7.59. The van der Waals surface area contributed by atoms with Crippen molar-refractivity contribution in [1.82, 2.24) is 0 Å². The first-order valence-electron chi connectivity index (χ1n) is 14.4. The summed E-state index contributed by atoms with van der Waals surface area (Å²) in [7, 11) is 0. The summed E-state index contributed by atoms with van der Waals surface area (Å²) in [4.78, 5) is 10.8. The van der Waals surface area contributed by atoms with Gasteiger partial charge in [-0.05, 0) is 94.8 Å². The molecule has 4 heterocycles. The van der Waals surface area contributed by atoms with Gasteiger partial charge >= 0.3 is 0 Å². The minimum atomic E-state index is 1.10. The van der Waals surface area contributed by atoms with E-state index < -0.39 is 0 Å². The van der Waals surface area contributed by atoms with Crippen molar-refractivity contribution in [2.45, 2.75) is 26.7 Å². The van der Waals surface area contributed by atoms with E-state index >= 15 is 0 Å². The highest BCUT2D eigenvalue weighted by atomic mass is 32.1. The van der Waals surface area contributed by atoms with Crippen LogP contribution in [0.15, 0.2) is 121 Å². The SMILES string of the molecule is CCc1ccc(-c2ccc(-c3ccc(-c4ccc(-c5ccc(-c6ccc(-c7ccc(CC)s7)cc6)s5)cc4)s3)cc2)s1. The standard InChI is InChI=1S/C38H30S4/c1-3-31-17-19-33(39-31)25-5-9-27(10-6-25)35-21-23-37(41-35)29-13-15-30(16-14-29)38-24-22-36(42-38)28-11-7-26(8-12-28)34-20-18-32(4-2)40-34/h5-24H,3-4H2,1-2H3. The largest absolute Gasteiger partial charge is 0.140 e. The van der Waals surface area contributed by atoms with E-state index in [1.807, 2.05) is 45.3 Å². The molecule has 0 N–H and O–H groups in total. The lowest BCUT2D eigenvalue weighted by atomic mass is 10.1. The third kappa shape index (κ3) is 5.60. The molecule has 0 aliphatic carbocycles. The normalized spacial score (nSPS) is 11.3. The highest BCUT2D eigenvalue weighted by molar-refractivity contribution is 7.19. The Hall–Kier alpha value is -3.54. The zero-order chi connectivity index (χ0) is 28.5. The third-order valence-corrected chi connectivity index (χ3v) is 12.5. The maximum atomic E-state index is 2.26. The molecule has 0 unspecified atom stereocenters. The summed E-state index contributed by atoms with van der Waals surface area (Å²) in [5, 5.41) is 0. The first-order chi connectivity index (χ1) is 20.7. The van der Waals surface area contributed by atoms with Crippen molar-refractivity contribution in [1.29, 1.82) is 0 Å². The average Bonchev–Trinajstić information content (AvgIpc) is 3.87. The Morgan fingerprint density at radius 1 is 0.286 bits per heavy atom. The maximum Gasteiger partial charge on any atom is 0.0349 e. The van der Waals surface area contributed by atoms with Gasteiger partial charge in [0, 0.05) is 39.0 Å². The van der Waals surface area contributed by atoms with Crippen molar-refractivity contribution in [3.8, 4) is 62.6 Å². The second-order valence-electron chi connectivity index (χ2n) is 10.3. The number of benzene rings is 3. The highest BCUT2D eigenvalue weighted by Crippen LogP contribution is 2.39. The summed E-state index contributed by atoms with van der Waals surface area (Å²) < 4.78 is 0. The smallest absolute Gasteiger partial charge is 0.0349 e. The number of thiophene rings is 4. The Morgan fingerprint density at radius 3 is 0.714 bits per heavy atom. The molecule has 206 valence electrons. The van der Waals surface area contributed by atoms with Crippen molar-refractivity contribution in [2.75, 3.05) is 0 Å². The van der Waals surface area contributed by atoms with E-state index in [9.17, 15) is 0 Å². The molecule has 0 saturated heterocycles. The van der Waals surface area contributed by atoms with Crippen LogP contribution in [0.25, 0.3) is 62.6 Å². The molecule has 0 bridgehead atoms. The van der Waals surface area contributed by atoms with Crippen LogP contribution in [0.2, 0.25) is 0 Å². The molecular formula is C38H30S4. The lowest BCUT2D eigenvalue weighted by molar-refractivity contribution is 1.19. The summed E-state index contributed by atoms with van der Waals surface area (Å²) in [6, 6.07) is 45.1. The molecule has 0 fully saturated rings. The van der Waals surface area contributed by atoms with Crippen LogP contribution in [0.3, 0.4) is 0 Å². The van der Waals surface area contributed by atoms with Gasteiger partial charge in [-0.15, -0.1) is 45.3 Å². The zero-order valence-corrected chi connectivity index (χ0v) is 26.9. The van der Waals surface area contributed by atoms with E-state index in [4.69, 9.17) is 0 Å². The van der Waals surface area contributed by atoms with Gasteiger partial charge in [0.15, 0.2) is 0 Å². The minimum Gasteiger partial charge on any atom is -0.140 e. The molecule has 7 aromatic rings. The summed E-state index contributed by atoms with van der Waals surface area (Å²) in [6.07, 6.45) is 2.20. The number of hydrogen-bond donors (Lipinski definition) is 0. The van der Waals surface area contributed by atoms with Gasteiger partial charge in [0.25, 0.3) is 0 Å². The fourth-order valence-electron chi connectivity index (χ4n) is 5.14. The molecule has 0 atom stereocenters. The molecule has 0 aliphatic rings. The Morgan fingerprint density at radius 2 is 0.500 bits per heavy atom. The lowest BCUT2D eigenvalue weighted by Gasteiger charge is -2.03. The molecule has 0 spiro atoms. The number of aryl methyl sites for hydroxylation is 2. The molecule has 42 heavy (non-hydrogen) atoms. The molecule has 0 saturated carbocycles. The summed E-state index contributed by atoms with van der Waals surface area (Å²) in [5.41, 5.74) is 7.69. The Kier molecular flexibility index (Phi) is 7.79. The molecule has 0 radical (unpaired) electrons. The van der Waals surface area contributed by atoms with Crippen LogP contribution in [-0.2, 0) is 12.8 Å². The molecule has 7 rings (SSSR count). The van der Waals surface area contributed by atoms with Crippen LogP contribution >= 0.6 is 45.3 Å². The Labute approximate surface area is 264 Å². The van der Waals surface area contributed by atoms with Crippen molar-refractivity contribution >= 4 is 45.3 Å². The average molecular weight is 615 g/mol. The summed E-state index contributed by atoms with van der Waals surface area (Å²) >= 11 is 7.51. The number of hydrogen-bond acceptors (Lipinski definition) is 4. The predicted octanol–water partition coefficient (Wildman–Crippen LogP) is 13.1. The lowest BCUT2D eigenvalue weighted by Crippen LogP contribution is -1.75. The second kappa shape index (κ2) is 12.0. The van der Waals surface area contributed by atoms with Crippen molar-refractivity contribution in [3.05, 3.63) is 131 Å². The molecule has 0 aliphatic heterocycles. The Bertz CT molecular complexity index is 1780. The van der Waals surface area contributed by atoms with Gasteiger partial charge in [-0.1, -0.05) is 86.6 Å². The molecule has 0 amide bonds. The van der Waals surface area contributed by atoms with Gasteiger partial charge < -0.3 is 0 Å². The van der Waals surface area contributed by atoms with Crippen molar-refractivity contribution in [3.63, 3.8) is 0 Å². The minimum absolute atomic E-state index is 1.10. The highest BCUT2D eigenvalue weighted by Gasteiger charge is 2.10. The van der Waals surface area contributed by atoms with Crippen molar-refractivity contribution < 1.29 is 0 Å². The van der Waals surface area contributed by atoms with E-state index in [0.717, 1.165) is 12.8 Å². The quantitative estimate of drug-likeness (QED) is 0.160. The molecule has 0 nitrogen and oxygen atoms in total. The molecule has 4 aromatic heterocycles. The molecule has 4 heteroatoms. The molecular weight excluding hydrogens is 585 g/mol. The van der Waals surface area contributed by atoms with E-state index in [-0.39, 0.29) is 0 Å². The van der Waals surface area contributed by atoms with E-state index in [1.165, 1.54) is 72.4 Å². The van der Waals surface area contributed by atoms with Crippen LogP contribution in [0.4, 0.5) is 0 Å². The molecule has 3 aromatic carbocycles. The second-order valence-corrected chi connectivity index (χ2v) is 14.8. The van der Waals surface area contributed by atoms with E-state index in [2.05, 4.69) is 135 Å².